The molecule has 0 amide bonds. The van der Waals surface area contributed by atoms with Gasteiger partial charge in [-0.25, -0.2) is 17.5 Å². The topological polar surface area (TPSA) is 58.2 Å². The standard InChI is InChI=1S/C14H21FN2O2S/c1-2-16-11-7-9-12(10-8-11)17-20(18,19)14-6-4-3-5-13(14)15/h3-6,11-12,16-17H,2,7-10H2,1H3. The first-order valence-electron chi connectivity index (χ1n) is 7.03. The van der Waals surface area contributed by atoms with Gasteiger partial charge >= 0.3 is 0 Å². The minimum atomic E-state index is -3.77. The summed E-state index contributed by atoms with van der Waals surface area (Å²) in [6.45, 7) is 2.99. The Balaban J connectivity index is 1.99. The summed E-state index contributed by atoms with van der Waals surface area (Å²) in [5, 5.41) is 3.37. The summed E-state index contributed by atoms with van der Waals surface area (Å²) in [5.41, 5.74) is 0. The van der Waals surface area contributed by atoms with E-state index in [1.165, 1.54) is 18.2 Å². The summed E-state index contributed by atoms with van der Waals surface area (Å²) in [6, 6.07) is 5.83. The van der Waals surface area contributed by atoms with Gasteiger partial charge in [-0.05, 0) is 44.4 Å². The molecular formula is C14H21FN2O2S. The van der Waals surface area contributed by atoms with Crippen molar-refractivity contribution in [3.63, 3.8) is 0 Å². The molecule has 0 atom stereocenters. The van der Waals surface area contributed by atoms with Crippen LogP contribution in [0.4, 0.5) is 4.39 Å². The molecule has 112 valence electrons. The molecule has 1 aromatic carbocycles. The van der Waals surface area contributed by atoms with E-state index in [0.29, 0.717) is 6.04 Å². The number of nitrogens with one attached hydrogen (secondary N) is 2. The summed E-state index contributed by atoms with van der Waals surface area (Å²) < 4.78 is 40.5. The second kappa shape index (κ2) is 6.65. The zero-order valence-electron chi connectivity index (χ0n) is 11.6. The third-order valence-corrected chi connectivity index (χ3v) is 5.22. The van der Waals surface area contributed by atoms with Gasteiger partial charge in [-0.15, -0.1) is 0 Å². The van der Waals surface area contributed by atoms with Crippen molar-refractivity contribution in [3.8, 4) is 0 Å². The van der Waals surface area contributed by atoms with Crippen LogP contribution in [0.3, 0.4) is 0 Å². The Morgan fingerprint density at radius 3 is 2.35 bits per heavy atom. The highest BCUT2D eigenvalue weighted by atomic mass is 32.2. The molecule has 2 N–H and O–H groups in total. The molecule has 0 spiro atoms. The van der Waals surface area contributed by atoms with Crippen LogP contribution in [0.25, 0.3) is 0 Å². The molecule has 0 heterocycles. The van der Waals surface area contributed by atoms with Crippen molar-refractivity contribution in [3.05, 3.63) is 30.1 Å². The van der Waals surface area contributed by atoms with Gasteiger partial charge in [-0.1, -0.05) is 19.1 Å². The van der Waals surface area contributed by atoms with Gasteiger partial charge < -0.3 is 5.32 Å². The smallest absolute Gasteiger partial charge is 0.243 e. The Labute approximate surface area is 119 Å². The second-order valence-electron chi connectivity index (χ2n) is 5.16. The number of halogens is 1. The SMILES string of the molecule is CCNC1CCC(NS(=O)(=O)c2ccccc2F)CC1. The average Bonchev–Trinajstić information content (AvgIpc) is 2.41. The van der Waals surface area contributed by atoms with Crippen molar-refractivity contribution in [2.75, 3.05) is 6.54 Å². The van der Waals surface area contributed by atoms with Crippen LogP contribution in [0.15, 0.2) is 29.2 Å². The predicted molar refractivity (Wildman–Crippen MR) is 76.4 cm³/mol. The molecule has 1 aliphatic carbocycles. The highest BCUT2D eigenvalue weighted by Crippen LogP contribution is 2.21. The van der Waals surface area contributed by atoms with Gasteiger partial charge in [0.2, 0.25) is 10.0 Å². The lowest BCUT2D eigenvalue weighted by molar-refractivity contribution is 0.333. The normalized spacial score (nSPS) is 23.7. The van der Waals surface area contributed by atoms with Crippen molar-refractivity contribution in [2.24, 2.45) is 0 Å². The number of sulfonamides is 1. The second-order valence-corrected chi connectivity index (χ2v) is 6.84. The fourth-order valence-corrected chi connectivity index (χ4v) is 4.03. The monoisotopic (exact) mass is 300 g/mol. The van der Waals surface area contributed by atoms with Crippen molar-refractivity contribution >= 4 is 10.0 Å². The lowest BCUT2D eigenvalue weighted by Crippen LogP contribution is -2.42. The first-order valence-corrected chi connectivity index (χ1v) is 8.51. The quantitative estimate of drug-likeness (QED) is 0.875. The van der Waals surface area contributed by atoms with Crippen LogP contribution in [0, 0.1) is 5.82 Å². The molecule has 20 heavy (non-hydrogen) atoms. The highest BCUT2D eigenvalue weighted by Gasteiger charge is 2.26. The van der Waals surface area contributed by atoms with Crippen LogP contribution in [-0.4, -0.2) is 27.0 Å². The molecule has 1 saturated carbocycles. The van der Waals surface area contributed by atoms with Crippen LogP contribution in [-0.2, 0) is 10.0 Å². The van der Waals surface area contributed by atoms with Crippen LogP contribution in [0.5, 0.6) is 0 Å². The molecule has 0 aliphatic heterocycles. The van der Waals surface area contributed by atoms with E-state index in [1.54, 1.807) is 0 Å². The predicted octanol–water partition coefficient (Wildman–Crippen LogP) is 2.02. The molecule has 6 heteroatoms. The summed E-state index contributed by atoms with van der Waals surface area (Å²) in [6.07, 6.45) is 3.45. The summed E-state index contributed by atoms with van der Waals surface area (Å²) in [4.78, 5) is -0.270. The first-order chi connectivity index (χ1) is 9.53. The zero-order chi connectivity index (χ0) is 14.6. The third kappa shape index (κ3) is 3.77. The molecule has 1 aliphatic rings. The van der Waals surface area contributed by atoms with Crippen molar-refractivity contribution in [1.82, 2.24) is 10.0 Å². The van der Waals surface area contributed by atoms with E-state index < -0.39 is 15.8 Å². The fourth-order valence-electron chi connectivity index (χ4n) is 2.65. The molecular weight excluding hydrogens is 279 g/mol. The number of rotatable bonds is 5. The fraction of sp³-hybridized carbons (Fsp3) is 0.571. The van der Waals surface area contributed by atoms with Crippen LogP contribution < -0.4 is 10.0 Å². The maximum absolute atomic E-state index is 13.6. The molecule has 0 unspecified atom stereocenters. The summed E-state index contributed by atoms with van der Waals surface area (Å²) in [7, 11) is -3.77. The largest absolute Gasteiger partial charge is 0.314 e. The lowest BCUT2D eigenvalue weighted by Gasteiger charge is -2.29. The minimum Gasteiger partial charge on any atom is -0.314 e. The van der Waals surface area contributed by atoms with E-state index in [1.807, 2.05) is 0 Å². The van der Waals surface area contributed by atoms with Crippen LogP contribution >= 0.6 is 0 Å². The van der Waals surface area contributed by atoms with Gasteiger partial charge in [-0.3, -0.25) is 0 Å². The number of hydrogen-bond donors (Lipinski definition) is 2. The van der Waals surface area contributed by atoms with Gasteiger partial charge in [0.1, 0.15) is 10.7 Å². The maximum atomic E-state index is 13.6. The molecule has 2 rings (SSSR count). The van der Waals surface area contributed by atoms with Crippen molar-refractivity contribution in [1.29, 1.82) is 0 Å². The third-order valence-electron chi connectivity index (χ3n) is 3.67. The van der Waals surface area contributed by atoms with E-state index in [2.05, 4.69) is 17.0 Å². The molecule has 1 fully saturated rings. The van der Waals surface area contributed by atoms with E-state index in [0.717, 1.165) is 38.3 Å². The molecule has 0 radical (unpaired) electrons. The highest BCUT2D eigenvalue weighted by molar-refractivity contribution is 7.89. The zero-order valence-corrected chi connectivity index (χ0v) is 12.4. The van der Waals surface area contributed by atoms with Gasteiger partial charge in [0.25, 0.3) is 0 Å². The Bertz CT molecular complexity index is 540. The molecule has 0 saturated heterocycles. The summed E-state index contributed by atoms with van der Waals surface area (Å²) in [5.74, 6) is -0.707. The van der Waals surface area contributed by atoms with E-state index >= 15 is 0 Å². The molecule has 0 bridgehead atoms. The van der Waals surface area contributed by atoms with Crippen LogP contribution in [0.2, 0.25) is 0 Å². The first kappa shape index (κ1) is 15.4. The Morgan fingerprint density at radius 2 is 1.75 bits per heavy atom. The van der Waals surface area contributed by atoms with Gasteiger partial charge in [0.15, 0.2) is 0 Å². The van der Waals surface area contributed by atoms with Crippen molar-refractivity contribution in [2.45, 2.75) is 49.6 Å². The molecule has 0 aromatic heterocycles. The summed E-state index contributed by atoms with van der Waals surface area (Å²) >= 11 is 0. The van der Waals surface area contributed by atoms with E-state index in [4.69, 9.17) is 0 Å². The Kier molecular flexibility index (Phi) is 5.12. The van der Waals surface area contributed by atoms with E-state index in [-0.39, 0.29) is 10.9 Å². The average molecular weight is 300 g/mol. The van der Waals surface area contributed by atoms with Gasteiger partial charge in [0.05, 0.1) is 0 Å². The Morgan fingerprint density at radius 1 is 1.15 bits per heavy atom. The van der Waals surface area contributed by atoms with Gasteiger partial charge in [-0.2, -0.15) is 0 Å². The van der Waals surface area contributed by atoms with Gasteiger partial charge in [0, 0.05) is 12.1 Å². The molecule has 1 aromatic rings. The minimum absolute atomic E-state index is 0.102. The van der Waals surface area contributed by atoms with E-state index in [9.17, 15) is 12.8 Å². The lowest BCUT2D eigenvalue weighted by atomic mass is 9.92. The maximum Gasteiger partial charge on any atom is 0.243 e. The Hall–Kier alpha value is -0.980. The number of benzene rings is 1. The molecule has 4 nitrogen and oxygen atoms in total. The number of hydrogen-bond acceptors (Lipinski definition) is 3. The van der Waals surface area contributed by atoms with Crippen LogP contribution in [0.1, 0.15) is 32.6 Å². The van der Waals surface area contributed by atoms with Crippen molar-refractivity contribution < 1.29 is 12.8 Å².